The van der Waals surface area contributed by atoms with Crippen molar-refractivity contribution < 1.29 is 159 Å². The molecule has 0 amide bonds. The number of aliphatic hydroxyl groups excluding tert-OH is 1. The monoisotopic (exact) mass is 978 g/mol. The summed E-state index contributed by atoms with van der Waals surface area (Å²) in [5.41, 5.74) is 2.49. The van der Waals surface area contributed by atoms with E-state index in [0.717, 1.165) is 36.5 Å². The summed E-state index contributed by atoms with van der Waals surface area (Å²) in [7, 11) is 2.14. The molecular formula is C35H46O32. The minimum Gasteiger partial charge on any atom is -0.465 e. The minimum atomic E-state index is -1.75. The third-order valence-electron chi connectivity index (χ3n) is 9.11. The van der Waals surface area contributed by atoms with Gasteiger partial charge in [0.05, 0.1) is 45.9 Å². The van der Waals surface area contributed by atoms with Gasteiger partial charge in [0.2, 0.25) is 0 Å². The van der Waals surface area contributed by atoms with Crippen LogP contribution in [0.5, 0.6) is 0 Å². The van der Waals surface area contributed by atoms with Gasteiger partial charge in [0.15, 0.2) is 0 Å². The summed E-state index contributed by atoms with van der Waals surface area (Å²) >= 11 is 0. The third kappa shape index (κ3) is 22.2. The molecule has 32 heteroatoms. The summed E-state index contributed by atoms with van der Waals surface area (Å²) in [6, 6.07) is 15.8. The molecule has 0 saturated heterocycles. The lowest BCUT2D eigenvalue weighted by Crippen LogP contribution is -2.38. The first-order chi connectivity index (χ1) is 32.6. The second-order valence-electron chi connectivity index (χ2n) is 13.7. The summed E-state index contributed by atoms with van der Waals surface area (Å²) in [6.45, 7) is 2.84. The number of hydrogen-bond donors (Lipinski definition) is 1. The van der Waals surface area contributed by atoms with E-state index in [9.17, 15) is 24.3 Å². The number of rotatable bonds is 43. The fourth-order valence-electron chi connectivity index (χ4n) is 6.05. The zero-order chi connectivity index (χ0) is 48.5. The standard InChI is InChI=1S/C35H46O32/c1-23(2)30(17-34(40)43-19-31-28-12-8-6-10-26(28)27-11-7-9-13-29(27)31)33(39)16-24(3)32(38)15-14-25(37)18-35(20-36,21-44-48-52-56-60-64-66-62-58-54-50-46-41-4)22-45-49-53-57-61-65-67-63-59-55-51-47-42-5/h6-13,23-24,30-31,36H,14-22H2,1-5H3. The largest absolute Gasteiger partial charge is 0.465 e. The van der Waals surface area contributed by atoms with E-state index < -0.39 is 61.0 Å². The molecule has 0 saturated carbocycles. The van der Waals surface area contributed by atoms with Gasteiger partial charge in [0.25, 0.3) is 0 Å². The number of aliphatic hydroxyl groups is 1. The molecule has 0 spiro atoms. The van der Waals surface area contributed by atoms with Crippen LogP contribution in [-0.2, 0) is 154 Å². The average Bonchev–Trinajstić information content (AvgIpc) is 3.65. The van der Waals surface area contributed by atoms with Crippen molar-refractivity contribution in [2.45, 2.75) is 58.8 Å². The third-order valence-corrected chi connectivity index (χ3v) is 9.11. The second-order valence-corrected chi connectivity index (χ2v) is 13.7. The molecule has 0 heterocycles. The Labute approximate surface area is 376 Å². The van der Waals surface area contributed by atoms with Crippen molar-refractivity contribution in [1.29, 1.82) is 0 Å². The van der Waals surface area contributed by atoms with Gasteiger partial charge < -0.3 is 9.84 Å². The molecule has 2 aromatic carbocycles. The van der Waals surface area contributed by atoms with E-state index in [4.69, 9.17) is 14.5 Å². The molecule has 378 valence electrons. The van der Waals surface area contributed by atoms with Crippen molar-refractivity contribution in [3.63, 3.8) is 0 Å². The first kappa shape index (κ1) is 57.2. The van der Waals surface area contributed by atoms with Crippen LogP contribution in [0.25, 0.3) is 11.1 Å². The Morgan fingerprint density at radius 3 is 1.39 bits per heavy atom. The van der Waals surface area contributed by atoms with E-state index in [1.54, 1.807) is 13.8 Å². The van der Waals surface area contributed by atoms with Gasteiger partial charge in [-0.05, 0) is 139 Å². The molecular weight excluding hydrogens is 932 g/mol. The summed E-state index contributed by atoms with van der Waals surface area (Å²) in [4.78, 5) is 70.4. The van der Waals surface area contributed by atoms with Crippen LogP contribution in [0, 0.1) is 23.2 Å². The molecule has 1 aliphatic rings. The molecule has 2 atom stereocenters. The van der Waals surface area contributed by atoms with Crippen LogP contribution in [0.1, 0.15) is 69.9 Å². The zero-order valence-corrected chi connectivity index (χ0v) is 35.9. The average molecular weight is 979 g/mol. The highest BCUT2D eigenvalue weighted by molar-refractivity contribution is 5.92. The number of carbonyl (C=O) groups excluding carboxylic acids is 4. The van der Waals surface area contributed by atoms with Gasteiger partial charge >= 0.3 is 5.97 Å². The number of benzene rings is 2. The number of esters is 1. The highest BCUT2D eigenvalue weighted by Crippen LogP contribution is 2.44. The molecule has 1 N–H and O–H groups in total. The maximum Gasteiger partial charge on any atom is 0.306 e. The summed E-state index contributed by atoms with van der Waals surface area (Å²) in [5, 5.41) is 94.0. The number of ketones is 3. The van der Waals surface area contributed by atoms with Crippen LogP contribution < -0.4 is 0 Å². The molecule has 3 rings (SSSR count). The van der Waals surface area contributed by atoms with Gasteiger partial charge in [-0.2, -0.15) is 0 Å². The number of hydrogen-bond acceptors (Lipinski definition) is 32. The Balaban J connectivity index is 1.44. The minimum absolute atomic E-state index is 0.0958. The van der Waals surface area contributed by atoms with Crippen molar-refractivity contribution in [3.05, 3.63) is 59.7 Å². The Morgan fingerprint density at radius 2 is 0.970 bits per heavy atom. The van der Waals surface area contributed by atoms with E-state index >= 15 is 0 Å². The van der Waals surface area contributed by atoms with E-state index in [1.165, 1.54) is 6.92 Å². The fraction of sp³-hybridized carbons (Fsp3) is 0.543. The van der Waals surface area contributed by atoms with Crippen LogP contribution in [0.2, 0.25) is 0 Å². The van der Waals surface area contributed by atoms with Gasteiger partial charge in [0, 0.05) is 43.4 Å². The van der Waals surface area contributed by atoms with E-state index in [-0.39, 0.29) is 49.9 Å². The molecule has 67 heavy (non-hydrogen) atoms. The molecule has 0 fully saturated rings. The number of carbonyl (C=O) groups is 4. The lowest BCUT2D eigenvalue weighted by molar-refractivity contribution is -0.870. The Bertz CT molecular complexity index is 1620. The highest BCUT2D eigenvalue weighted by atomic mass is 18.0. The van der Waals surface area contributed by atoms with E-state index in [0.29, 0.717) is 0 Å². The Hall–Kier alpha value is -4.16. The predicted molar refractivity (Wildman–Crippen MR) is 190 cm³/mol. The molecule has 0 aromatic heterocycles. The van der Waals surface area contributed by atoms with Gasteiger partial charge in [-0.15, -0.1) is 0 Å². The number of ether oxygens (including phenoxy) is 1. The van der Waals surface area contributed by atoms with Gasteiger partial charge in [-0.3, -0.25) is 19.2 Å². The van der Waals surface area contributed by atoms with Crippen LogP contribution in [-0.4, -0.2) is 69.1 Å². The first-order valence-electron chi connectivity index (χ1n) is 19.1. The fourth-order valence-corrected chi connectivity index (χ4v) is 6.05. The molecule has 0 bridgehead atoms. The normalized spacial score (nSPS) is 13.4. The van der Waals surface area contributed by atoms with Crippen LogP contribution >= 0.6 is 0 Å². The summed E-state index contributed by atoms with van der Waals surface area (Å²) in [5.74, 6) is -3.87. The molecule has 2 unspecified atom stereocenters. The maximum absolute atomic E-state index is 13.5. The Kier molecular flexibility index (Phi) is 29.2. The lowest BCUT2D eigenvalue weighted by Gasteiger charge is -2.28. The zero-order valence-electron chi connectivity index (χ0n) is 35.9. The summed E-state index contributed by atoms with van der Waals surface area (Å²) in [6.07, 6.45) is -1.63. The number of Topliss-reactive ketones (excluding diaryl/α,β-unsaturated/α-hetero) is 3. The predicted octanol–water partition coefficient (Wildman–Crippen LogP) is 3.54. The van der Waals surface area contributed by atoms with Gasteiger partial charge in [-0.25, -0.2) is 19.6 Å². The molecule has 0 radical (unpaired) electrons. The number of fused-ring (bicyclic) bond motifs is 3. The topological polar surface area (TPSA) is 338 Å². The quantitative estimate of drug-likeness (QED) is 0.0430. The van der Waals surface area contributed by atoms with Gasteiger partial charge in [-0.1, -0.05) is 69.3 Å². The second kappa shape index (κ2) is 34.2. The van der Waals surface area contributed by atoms with E-state index in [2.05, 4.69) is 121 Å². The molecule has 2 aromatic rings. The van der Waals surface area contributed by atoms with Crippen molar-refractivity contribution in [3.8, 4) is 11.1 Å². The van der Waals surface area contributed by atoms with E-state index in [1.807, 2.05) is 48.5 Å². The van der Waals surface area contributed by atoms with Crippen LogP contribution in [0.4, 0.5) is 0 Å². The van der Waals surface area contributed by atoms with Crippen LogP contribution in [0.15, 0.2) is 48.5 Å². The molecule has 0 aliphatic heterocycles. The van der Waals surface area contributed by atoms with Crippen molar-refractivity contribution in [2.75, 3.05) is 40.6 Å². The Morgan fingerprint density at radius 1 is 0.552 bits per heavy atom. The summed E-state index contributed by atoms with van der Waals surface area (Å²) < 4.78 is 5.73. The smallest absolute Gasteiger partial charge is 0.306 e. The van der Waals surface area contributed by atoms with Crippen molar-refractivity contribution in [2.24, 2.45) is 23.2 Å². The SMILES string of the molecule is COOOOOOOOOOOOOCC(CO)(COOOOOOOOOOOOOC)CC(=O)CCC(=O)C(C)CC(=O)C(CC(=O)OCC1c2ccccc2-c2ccccc21)C(C)C. The maximum atomic E-state index is 13.5. The molecule has 1 aliphatic carbocycles. The van der Waals surface area contributed by atoms with Crippen molar-refractivity contribution >= 4 is 23.3 Å². The highest BCUT2D eigenvalue weighted by Gasteiger charge is 2.36. The van der Waals surface area contributed by atoms with Crippen molar-refractivity contribution in [1.82, 2.24) is 0 Å². The van der Waals surface area contributed by atoms with Gasteiger partial charge in [0.1, 0.15) is 24.0 Å². The lowest BCUT2D eigenvalue weighted by atomic mass is 9.82. The molecule has 32 nitrogen and oxygen atoms in total. The first-order valence-corrected chi connectivity index (χ1v) is 19.1. The van der Waals surface area contributed by atoms with Crippen LogP contribution in [0.3, 0.4) is 0 Å².